The molecule has 2 aromatic heterocycles. The minimum absolute atomic E-state index is 0.504. The van der Waals surface area contributed by atoms with E-state index in [4.69, 9.17) is 5.73 Å². The Labute approximate surface area is 94.9 Å². The molecule has 0 aliphatic heterocycles. The van der Waals surface area contributed by atoms with Gasteiger partial charge in [0.25, 0.3) is 0 Å². The summed E-state index contributed by atoms with van der Waals surface area (Å²) < 4.78 is 2.05. The molecule has 0 saturated carbocycles. The van der Waals surface area contributed by atoms with Crippen molar-refractivity contribution < 1.29 is 0 Å². The van der Waals surface area contributed by atoms with E-state index >= 15 is 0 Å². The molecule has 16 heavy (non-hydrogen) atoms. The molecule has 0 spiro atoms. The lowest BCUT2D eigenvalue weighted by Crippen LogP contribution is -2.17. The van der Waals surface area contributed by atoms with Gasteiger partial charge < -0.3 is 10.6 Å². The van der Waals surface area contributed by atoms with Gasteiger partial charge in [-0.3, -0.25) is 4.40 Å². The van der Waals surface area contributed by atoms with Crippen LogP contribution in [0.1, 0.15) is 11.5 Å². The maximum atomic E-state index is 5.71. The molecule has 0 aliphatic carbocycles. The highest BCUT2D eigenvalue weighted by Gasteiger charge is 2.08. The van der Waals surface area contributed by atoms with Crippen molar-refractivity contribution in [1.29, 1.82) is 0 Å². The van der Waals surface area contributed by atoms with Crippen LogP contribution in [-0.2, 0) is 13.0 Å². The third-order valence-corrected chi connectivity index (χ3v) is 2.57. The number of hydrogen-bond donors (Lipinski definition) is 1. The standard InChI is InChI=1S/C11H17N5/c1-15(2)7-6-11-14-13-10-5-3-4-9(8-12)16(10)11/h3-5H,6-8,12H2,1-2H3. The molecule has 0 saturated heterocycles. The van der Waals surface area contributed by atoms with Gasteiger partial charge >= 0.3 is 0 Å². The van der Waals surface area contributed by atoms with Crippen molar-refractivity contribution in [1.82, 2.24) is 19.5 Å². The van der Waals surface area contributed by atoms with Crippen LogP contribution in [0, 0.1) is 0 Å². The summed E-state index contributed by atoms with van der Waals surface area (Å²) in [7, 11) is 4.10. The smallest absolute Gasteiger partial charge is 0.161 e. The molecule has 0 fully saturated rings. The van der Waals surface area contributed by atoms with Gasteiger partial charge in [-0.1, -0.05) is 6.07 Å². The van der Waals surface area contributed by atoms with Gasteiger partial charge in [0, 0.05) is 25.2 Å². The first-order chi connectivity index (χ1) is 7.72. The highest BCUT2D eigenvalue weighted by Crippen LogP contribution is 2.08. The van der Waals surface area contributed by atoms with E-state index in [1.807, 2.05) is 36.7 Å². The van der Waals surface area contributed by atoms with E-state index in [0.717, 1.165) is 30.1 Å². The number of nitrogens with two attached hydrogens (primary N) is 1. The zero-order valence-corrected chi connectivity index (χ0v) is 9.72. The summed E-state index contributed by atoms with van der Waals surface area (Å²) in [4.78, 5) is 2.13. The van der Waals surface area contributed by atoms with E-state index in [1.165, 1.54) is 0 Å². The van der Waals surface area contributed by atoms with Gasteiger partial charge in [0.05, 0.1) is 0 Å². The van der Waals surface area contributed by atoms with Gasteiger partial charge in [0.2, 0.25) is 0 Å². The molecule has 5 nitrogen and oxygen atoms in total. The zero-order valence-electron chi connectivity index (χ0n) is 9.72. The van der Waals surface area contributed by atoms with Crippen LogP contribution in [0.25, 0.3) is 5.65 Å². The monoisotopic (exact) mass is 219 g/mol. The van der Waals surface area contributed by atoms with Gasteiger partial charge in [-0.05, 0) is 26.2 Å². The van der Waals surface area contributed by atoms with Crippen molar-refractivity contribution in [3.8, 4) is 0 Å². The van der Waals surface area contributed by atoms with Crippen LogP contribution in [0.4, 0.5) is 0 Å². The van der Waals surface area contributed by atoms with E-state index < -0.39 is 0 Å². The first-order valence-electron chi connectivity index (χ1n) is 5.39. The van der Waals surface area contributed by atoms with Crippen LogP contribution in [0.2, 0.25) is 0 Å². The van der Waals surface area contributed by atoms with Crippen LogP contribution in [0.5, 0.6) is 0 Å². The van der Waals surface area contributed by atoms with Crippen molar-refractivity contribution in [3.63, 3.8) is 0 Å². The summed E-state index contributed by atoms with van der Waals surface area (Å²) in [6, 6.07) is 5.92. The summed E-state index contributed by atoms with van der Waals surface area (Å²) in [5.74, 6) is 0.977. The van der Waals surface area contributed by atoms with Crippen LogP contribution in [0.15, 0.2) is 18.2 Å². The van der Waals surface area contributed by atoms with E-state index in [9.17, 15) is 0 Å². The van der Waals surface area contributed by atoms with Crippen LogP contribution < -0.4 is 5.73 Å². The second-order valence-corrected chi connectivity index (χ2v) is 4.08. The summed E-state index contributed by atoms with van der Waals surface area (Å²) >= 11 is 0. The third kappa shape index (κ3) is 2.05. The van der Waals surface area contributed by atoms with Crippen molar-refractivity contribution >= 4 is 5.65 Å². The SMILES string of the molecule is CN(C)CCc1nnc2cccc(CN)n12. The zero-order chi connectivity index (χ0) is 11.5. The van der Waals surface area contributed by atoms with Crippen molar-refractivity contribution in [3.05, 3.63) is 29.7 Å². The summed E-state index contributed by atoms with van der Waals surface area (Å²) in [6.45, 7) is 1.46. The van der Waals surface area contributed by atoms with Crippen molar-refractivity contribution in [2.75, 3.05) is 20.6 Å². The lowest BCUT2D eigenvalue weighted by molar-refractivity contribution is 0.408. The number of rotatable bonds is 4. The van der Waals surface area contributed by atoms with E-state index in [0.29, 0.717) is 6.54 Å². The minimum Gasteiger partial charge on any atom is -0.325 e. The molecule has 2 aromatic rings. The molecule has 0 aliphatic rings. The molecule has 0 unspecified atom stereocenters. The van der Waals surface area contributed by atoms with Crippen LogP contribution in [0.3, 0.4) is 0 Å². The number of pyridine rings is 1. The number of fused-ring (bicyclic) bond motifs is 1. The van der Waals surface area contributed by atoms with Crippen LogP contribution >= 0.6 is 0 Å². The Bertz CT molecular complexity index is 474. The fourth-order valence-corrected chi connectivity index (χ4v) is 1.72. The first kappa shape index (κ1) is 11.0. The Morgan fingerprint density at radius 1 is 1.31 bits per heavy atom. The van der Waals surface area contributed by atoms with E-state index in [2.05, 4.69) is 15.1 Å². The molecule has 2 rings (SSSR count). The topological polar surface area (TPSA) is 59.5 Å². The Kier molecular flexibility index (Phi) is 3.17. The van der Waals surface area contributed by atoms with Crippen molar-refractivity contribution in [2.45, 2.75) is 13.0 Å². The molecule has 86 valence electrons. The number of nitrogens with zero attached hydrogens (tertiary/aromatic N) is 4. The summed E-state index contributed by atoms with van der Waals surface area (Å²) in [5, 5.41) is 8.35. The minimum atomic E-state index is 0.504. The second kappa shape index (κ2) is 4.59. The van der Waals surface area contributed by atoms with Crippen molar-refractivity contribution in [2.24, 2.45) is 5.73 Å². The Hall–Kier alpha value is -1.46. The van der Waals surface area contributed by atoms with Gasteiger partial charge in [0.1, 0.15) is 5.82 Å². The quantitative estimate of drug-likeness (QED) is 0.803. The molecule has 2 heterocycles. The molecule has 0 aromatic carbocycles. The molecular formula is C11H17N5. The fraction of sp³-hybridized carbons (Fsp3) is 0.455. The van der Waals surface area contributed by atoms with Gasteiger partial charge in [-0.2, -0.15) is 0 Å². The maximum absolute atomic E-state index is 5.71. The Morgan fingerprint density at radius 2 is 2.12 bits per heavy atom. The van der Waals surface area contributed by atoms with Gasteiger partial charge in [-0.25, -0.2) is 0 Å². The normalized spacial score (nSPS) is 11.5. The number of likely N-dealkylation sites (N-methyl/N-ethyl adjacent to an activating group) is 1. The lowest BCUT2D eigenvalue weighted by atomic mass is 10.3. The molecule has 0 bridgehead atoms. The predicted molar refractivity (Wildman–Crippen MR) is 63.1 cm³/mol. The van der Waals surface area contributed by atoms with Crippen LogP contribution in [-0.4, -0.2) is 40.1 Å². The fourth-order valence-electron chi connectivity index (χ4n) is 1.72. The molecule has 5 heteroatoms. The van der Waals surface area contributed by atoms with E-state index in [1.54, 1.807) is 0 Å². The average Bonchev–Trinajstić information content (AvgIpc) is 2.69. The molecule has 0 atom stereocenters. The first-order valence-corrected chi connectivity index (χ1v) is 5.39. The molecule has 0 radical (unpaired) electrons. The van der Waals surface area contributed by atoms with Gasteiger partial charge in [-0.15, -0.1) is 10.2 Å². The predicted octanol–water partition coefficient (Wildman–Crippen LogP) is 0.292. The largest absolute Gasteiger partial charge is 0.325 e. The summed E-state index contributed by atoms with van der Waals surface area (Å²) in [5.41, 5.74) is 7.64. The highest BCUT2D eigenvalue weighted by molar-refractivity contribution is 5.39. The molecular weight excluding hydrogens is 202 g/mol. The molecule has 0 amide bonds. The number of hydrogen-bond acceptors (Lipinski definition) is 4. The average molecular weight is 219 g/mol. The highest BCUT2D eigenvalue weighted by atomic mass is 15.3. The summed E-state index contributed by atoms with van der Waals surface area (Å²) in [6.07, 6.45) is 0.880. The second-order valence-electron chi connectivity index (χ2n) is 4.08. The number of aromatic nitrogens is 3. The van der Waals surface area contributed by atoms with Gasteiger partial charge in [0.15, 0.2) is 5.65 Å². The Morgan fingerprint density at radius 3 is 2.81 bits per heavy atom. The lowest BCUT2D eigenvalue weighted by Gasteiger charge is -2.09. The van der Waals surface area contributed by atoms with E-state index in [-0.39, 0.29) is 0 Å². The third-order valence-electron chi connectivity index (χ3n) is 2.57. The Balaban J connectivity index is 2.38. The molecule has 2 N–H and O–H groups in total. The maximum Gasteiger partial charge on any atom is 0.161 e.